The minimum Gasteiger partial charge on any atom is -0.462 e. The Labute approximate surface area is 394 Å². The molecule has 0 heterocycles. The van der Waals surface area contributed by atoms with E-state index in [-0.39, 0.29) is 25.2 Å². The Hall–Kier alpha value is -1.36. The van der Waals surface area contributed by atoms with Gasteiger partial charge in [0.15, 0.2) is 6.10 Å². The number of unbranched alkanes of at least 4 members (excludes halogenated alkanes) is 44. The summed E-state index contributed by atoms with van der Waals surface area (Å²) in [5, 5.41) is 9.64. The van der Waals surface area contributed by atoms with Gasteiger partial charge in [0.1, 0.15) is 6.61 Å². The van der Waals surface area contributed by atoms with Gasteiger partial charge in [-0.25, -0.2) is 0 Å². The van der Waals surface area contributed by atoms with Crippen LogP contribution in [0.1, 0.15) is 328 Å². The van der Waals surface area contributed by atoms with E-state index in [1.165, 1.54) is 270 Å². The number of aliphatic hydroxyl groups is 1. The molecular weight excluding hydrogens is 777 g/mol. The first kappa shape index (κ1) is 61.6. The van der Waals surface area contributed by atoms with Crippen molar-refractivity contribution >= 4 is 11.9 Å². The Balaban J connectivity index is 3.38. The largest absolute Gasteiger partial charge is 0.462 e. The van der Waals surface area contributed by atoms with Gasteiger partial charge in [-0.1, -0.05) is 289 Å². The lowest BCUT2D eigenvalue weighted by molar-refractivity contribution is -0.161. The van der Waals surface area contributed by atoms with Crippen molar-refractivity contribution in [1.29, 1.82) is 0 Å². The smallest absolute Gasteiger partial charge is 0.306 e. The molecule has 1 atom stereocenters. The van der Waals surface area contributed by atoms with Crippen LogP contribution < -0.4 is 0 Å². The third kappa shape index (κ3) is 53.1. The van der Waals surface area contributed by atoms with Gasteiger partial charge in [0.05, 0.1) is 6.61 Å². The van der Waals surface area contributed by atoms with E-state index in [2.05, 4.69) is 26.0 Å². The molecule has 0 spiro atoms. The average molecular weight is 890 g/mol. The van der Waals surface area contributed by atoms with Gasteiger partial charge in [0, 0.05) is 12.8 Å². The lowest BCUT2D eigenvalue weighted by Crippen LogP contribution is -2.28. The summed E-state index contributed by atoms with van der Waals surface area (Å²) in [6.45, 7) is 4.19. The summed E-state index contributed by atoms with van der Waals surface area (Å²) < 4.78 is 10.7. The molecule has 1 N–H and O–H groups in total. The van der Waals surface area contributed by atoms with Crippen LogP contribution in [-0.4, -0.2) is 36.4 Å². The van der Waals surface area contributed by atoms with E-state index in [9.17, 15) is 14.7 Å². The molecule has 1 unspecified atom stereocenters. The van der Waals surface area contributed by atoms with Crippen LogP contribution in [0.3, 0.4) is 0 Å². The van der Waals surface area contributed by atoms with Crippen molar-refractivity contribution in [3.63, 3.8) is 0 Å². The van der Waals surface area contributed by atoms with Gasteiger partial charge in [0.25, 0.3) is 0 Å². The Morgan fingerprint density at radius 2 is 0.587 bits per heavy atom. The second kappa shape index (κ2) is 55.0. The maximum Gasteiger partial charge on any atom is 0.306 e. The number of aliphatic hydroxyl groups excluding tert-OH is 1. The number of ether oxygens (including phenoxy) is 2. The van der Waals surface area contributed by atoms with Crippen LogP contribution in [0.4, 0.5) is 0 Å². The summed E-state index contributed by atoms with van der Waals surface area (Å²) in [5.41, 5.74) is 0. The minimum atomic E-state index is -0.765. The highest BCUT2D eigenvalue weighted by Crippen LogP contribution is 2.18. The third-order valence-corrected chi connectivity index (χ3v) is 13.3. The number of carbonyl (C=O) groups excluding carboxylic acids is 2. The summed E-state index contributed by atoms with van der Waals surface area (Å²) in [6, 6.07) is 0. The molecule has 0 aliphatic heterocycles. The second-order valence-electron chi connectivity index (χ2n) is 19.7. The van der Waals surface area contributed by atoms with Crippen LogP contribution in [0.5, 0.6) is 0 Å². The number of esters is 2. The molecule has 374 valence electrons. The lowest BCUT2D eigenvalue weighted by atomic mass is 10.0. The van der Waals surface area contributed by atoms with Crippen molar-refractivity contribution in [2.75, 3.05) is 13.2 Å². The number of hydrogen-bond acceptors (Lipinski definition) is 5. The van der Waals surface area contributed by atoms with Crippen LogP contribution in [0.2, 0.25) is 0 Å². The van der Waals surface area contributed by atoms with Crippen molar-refractivity contribution in [2.24, 2.45) is 0 Å². The van der Waals surface area contributed by atoms with Gasteiger partial charge >= 0.3 is 11.9 Å². The summed E-state index contributed by atoms with van der Waals surface area (Å²) in [4.78, 5) is 24.5. The predicted molar refractivity (Wildman–Crippen MR) is 275 cm³/mol. The van der Waals surface area contributed by atoms with Crippen LogP contribution in [0, 0.1) is 0 Å². The lowest BCUT2D eigenvalue weighted by Gasteiger charge is -2.15. The normalized spacial score (nSPS) is 12.1. The van der Waals surface area contributed by atoms with Gasteiger partial charge in [-0.2, -0.15) is 0 Å². The zero-order chi connectivity index (χ0) is 45.6. The summed E-state index contributed by atoms with van der Waals surface area (Å²) >= 11 is 0. The molecule has 5 nitrogen and oxygen atoms in total. The quantitative estimate of drug-likeness (QED) is 0.0374. The van der Waals surface area contributed by atoms with E-state index < -0.39 is 6.10 Å². The summed E-state index contributed by atoms with van der Waals surface area (Å²) in [7, 11) is 0. The fourth-order valence-electron chi connectivity index (χ4n) is 8.97. The van der Waals surface area contributed by atoms with E-state index >= 15 is 0 Å². The molecule has 0 amide bonds. The van der Waals surface area contributed by atoms with Crippen molar-refractivity contribution in [3.05, 3.63) is 12.2 Å². The molecular formula is C58H112O5. The van der Waals surface area contributed by atoms with E-state index in [1.807, 2.05) is 0 Å². The van der Waals surface area contributed by atoms with Gasteiger partial charge in [-0.3, -0.25) is 9.59 Å². The zero-order valence-electron chi connectivity index (χ0n) is 42.9. The second-order valence-corrected chi connectivity index (χ2v) is 19.7. The van der Waals surface area contributed by atoms with Crippen LogP contribution in [0.25, 0.3) is 0 Å². The molecule has 0 saturated carbocycles. The molecule has 0 fully saturated rings. The molecule has 0 saturated heterocycles. The van der Waals surface area contributed by atoms with Gasteiger partial charge in [-0.15, -0.1) is 0 Å². The van der Waals surface area contributed by atoms with Crippen LogP contribution >= 0.6 is 0 Å². The first-order valence-electron chi connectivity index (χ1n) is 28.7. The molecule has 63 heavy (non-hydrogen) atoms. The Bertz CT molecular complexity index is 917. The van der Waals surface area contributed by atoms with Gasteiger partial charge < -0.3 is 14.6 Å². The zero-order valence-corrected chi connectivity index (χ0v) is 42.9. The van der Waals surface area contributed by atoms with E-state index in [1.54, 1.807) is 0 Å². The number of hydrogen-bond donors (Lipinski definition) is 1. The molecule has 0 aliphatic carbocycles. The Morgan fingerprint density at radius 1 is 0.349 bits per heavy atom. The molecule has 0 aliphatic rings. The first-order chi connectivity index (χ1) is 31.1. The van der Waals surface area contributed by atoms with Crippen molar-refractivity contribution in [3.8, 4) is 0 Å². The molecule has 5 heteroatoms. The van der Waals surface area contributed by atoms with Crippen molar-refractivity contribution in [2.45, 2.75) is 335 Å². The maximum absolute atomic E-state index is 12.3. The molecule has 0 aromatic carbocycles. The summed E-state index contributed by atoms with van der Waals surface area (Å²) in [5.74, 6) is -0.567. The third-order valence-electron chi connectivity index (χ3n) is 13.3. The first-order valence-corrected chi connectivity index (χ1v) is 28.7. The van der Waals surface area contributed by atoms with E-state index in [0.717, 1.165) is 32.1 Å². The monoisotopic (exact) mass is 889 g/mol. The van der Waals surface area contributed by atoms with Gasteiger partial charge in [0.2, 0.25) is 0 Å². The number of carbonyl (C=O) groups is 2. The molecule has 0 aromatic heterocycles. The highest BCUT2D eigenvalue weighted by molar-refractivity contribution is 5.70. The maximum atomic E-state index is 12.3. The van der Waals surface area contributed by atoms with Crippen LogP contribution in [0.15, 0.2) is 12.2 Å². The Morgan fingerprint density at radius 3 is 0.857 bits per heavy atom. The highest BCUT2D eigenvalue weighted by atomic mass is 16.6. The van der Waals surface area contributed by atoms with Crippen molar-refractivity contribution < 1.29 is 24.2 Å². The summed E-state index contributed by atoms with van der Waals surface area (Å²) in [6.07, 6.45) is 67.7. The topological polar surface area (TPSA) is 72.8 Å². The predicted octanol–water partition coefficient (Wildman–Crippen LogP) is 19.1. The highest BCUT2D eigenvalue weighted by Gasteiger charge is 2.16. The van der Waals surface area contributed by atoms with Gasteiger partial charge in [-0.05, 0) is 38.5 Å². The molecule has 0 rings (SSSR count). The number of allylic oxidation sites excluding steroid dienone is 2. The molecule has 0 radical (unpaired) electrons. The SMILES string of the molecule is CCCCCCCCCC/C=C\CCCCCCCCCCCCCCCCCCCCCCCC(=O)OC(CO)COC(=O)CCCCCCCCCCCCCCCCCC. The number of rotatable bonds is 54. The minimum absolute atomic E-state index is 0.0572. The van der Waals surface area contributed by atoms with Crippen LogP contribution in [-0.2, 0) is 19.1 Å². The fraction of sp³-hybridized carbons (Fsp3) is 0.931. The standard InChI is InChI=1S/C58H112O5/c1-3-5-7-9-11-13-15-17-19-21-22-23-24-25-26-27-28-29-30-31-32-33-34-35-36-37-39-41-43-45-47-49-51-53-58(61)63-56(54-59)55-62-57(60)52-50-48-46-44-42-40-38-20-18-16-14-12-10-8-6-4-2/h21-22,56,59H,3-20,23-55H2,1-2H3/b22-21-. The fourth-order valence-corrected chi connectivity index (χ4v) is 8.97. The average Bonchev–Trinajstić information content (AvgIpc) is 3.29. The van der Waals surface area contributed by atoms with Crippen molar-refractivity contribution in [1.82, 2.24) is 0 Å². The Kier molecular flexibility index (Phi) is 53.8. The van der Waals surface area contributed by atoms with E-state index in [0.29, 0.717) is 12.8 Å². The van der Waals surface area contributed by atoms with E-state index in [4.69, 9.17) is 9.47 Å². The molecule has 0 bridgehead atoms. The molecule has 0 aromatic rings.